The number of thiophene rings is 1. The van der Waals surface area contributed by atoms with Gasteiger partial charge in [-0.05, 0) is 28.8 Å². The molecular formula is C16H19N3O2S3. The minimum absolute atomic E-state index is 0.0178. The zero-order valence-corrected chi connectivity index (χ0v) is 15.6. The summed E-state index contributed by atoms with van der Waals surface area (Å²) in [6, 6.07) is 2.13. The van der Waals surface area contributed by atoms with Crippen LogP contribution in [0, 0.1) is 0 Å². The summed E-state index contributed by atoms with van der Waals surface area (Å²) in [4.78, 5) is 29.8. The van der Waals surface area contributed by atoms with Gasteiger partial charge in [0, 0.05) is 36.4 Å². The topological polar surface area (TPSA) is 62.3 Å². The lowest BCUT2D eigenvalue weighted by atomic mass is 10.3. The normalized spacial score (nSPS) is 14.3. The lowest BCUT2D eigenvalue weighted by Crippen LogP contribution is -2.27. The van der Waals surface area contributed by atoms with E-state index in [9.17, 15) is 9.59 Å². The van der Waals surface area contributed by atoms with Gasteiger partial charge in [-0.2, -0.15) is 23.1 Å². The van der Waals surface area contributed by atoms with Gasteiger partial charge >= 0.3 is 0 Å². The monoisotopic (exact) mass is 381 g/mol. The molecule has 1 fully saturated rings. The quantitative estimate of drug-likeness (QED) is 0.714. The summed E-state index contributed by atoms with van der Waals surface area (Å²) >= 11 is 4.96. The van der Waals surface area contributed by atoms with Crippen molar-refractivity contribution in [1.82, 2.24) is 10.3 Å². The maximum Gasteiger partial charge on any atom is 0.228 e. The van der Waals surface area contributed by atoms with E-state index in [1.807, 2.05) is 17.1 Å². The zero-order chi connectivity index (χ0) is 16.8. The highest BCUT2D eigenvalue weighted by atomic mass is 32.2. The van der Waals surface area contributed by atoms with E-state index in [0.29, 0.717) is 18.1 Å². The second-order valence-electron chi connectivity index (χ2n) is 5.48. The SMILES string of the molecule is O=C(Cc1csc(N2CCCC2=O)n1)NCCSCc1ccsc1. The molecule has 1 N–H and O–H groups in total. The number of nitrogens with one attached hydrogen (secondary N) is 1. The molecule has 0 unspecified atom stereocenters. The van der Waals surface area contributed by atoms with Crippen LogP contribution in [0.1, 0.15) is 24.1 Å². The van der Waals surface area contributed by atoms with Crippen LogP contribution in [0.15, 0.2) is 22.2 Å². The maximum absolute atomic E-state index is 12.0. The first-order valence-corrected chi connectivity index (χ1v) is 10.8. The summed E-state index contributed by atoms with van der Waals surface area (Å²) in [6.07, 6.45) is 1.75. The van der Waals surface area contributed by atoms with Crippen molar-refractivity contribution in [3.63, 3.8) is 0 Å². The second-order valence-corrected chi connectivity index (χ2v) is 8.20. The molecule has 2 aromatic heterocycles. The highest BCUT2D eigenvalue weighted by molar-refractivity contribution is 7.98. The van der Waals surface area contributed by atoms with E-state index in [1.165, 1.54) is 16.9 Å². The van der Waals surface area contributed by atoms with Gasteiger partial charge < -0.3 is 5.32 Å². The zero-order valence-electron chi connectivity index (χ0n) is 13.2. The van der Waals surface area contributed by atoms with E-state index in [2.05, 4.69) is 27.1 Å². The van der Waals surface area contributed by atoms with Crippen LogP contribution in [0.5, 0.6) is 0 Å². The Bertz CT molecular complexity index is 685. The van der Waals surface area contributed by atoms with Gasteiger partial charge in [-0.25, -0.2) is 4.98 Å². The van der Waals surface area contributed by atoms with Crippen LogP contribution in [0.25, 0.3) is 0 Å². The lowest BCUT2D eigenvalue weighted by Gasteiger charge is -2.10. The number of carbonyl (C=O) groups excluding carboxylic acids is 2. The third-order valence-corrected chi connectivity index (χ3v) is 6.28. The predicted octanol–water partition coefficient (Wildman–Crippen LogP) is 2.92. The van der Waals surface area contributed by atoms with Crippen LogP contribution >= 0.6 is 34.4 Å². The number of aromatic nitrogens is 1. The van der Waals surface area contributed by atoms with Gasteiger partial charge in [-0.1, -0.05) is 0 Å². The summed E-state index contributed by atoms with van der Waals surface area (Å²) in [5.74, 6) is 1.99. The Labute approximate surface area is 153 Å². The van der Waals surface area contributed by atoms with Crippen molar-refractivity contribution in [1.29, 1.82) is 0 Å². The number of rotatable bonds is 8. The molecule has 1 saturated heterocycles. The molecule has 2 amide bonds. The summed E-state index contributed by atoms with van der Waals surface area (Å²) in [7, 11) is 0. The Kier molecular flexibility index (Phi) is 6.28. The van der Waals surface area contributed by atoms with E-state index >= 15 is 0 Å². The lowest BCUT2D eigenvalue weighted by molar-refractivity contribution is -0.120. The molecule has 3 heterocycles. The maximum atomic E-state index is 12.0. The predicted molar refractivity (Wildman–Crippen MR) is 101 cm³/mol. The van der Waals surface area contributed by atoms with E-state index in [-0.39, 0.29) is 18.2 Å². The van der Waals surface area contributed by atoms with Crippen molar-refractivity contribution in [3.8, 4) is 0 Å². The molecule has 128 valence electrons. The number of anilines is 1. The Morgan fingerprint density at radius 2 is 2.33 bits per heavy atom. The van der Waals surface area contributed by atoms with E-state index < -0.39 is 0 Å². The van der Waals surface area contributed by atoms with E-state index in [0.717, 1.165) is 30.2 Å². The van der Waals surface area contributed by atoms with Gasteiger partial charge in [0.2, 0.25) is 11.8 Å². The second kappa shape index (κ2) is 8.64. The minimum atomic E-state index is -0.0178. The first-order chi connectivity index (χ1) is 11.7. The van der Waals surface area contributed by atoms with Crippen molar-refractivity contribution in [2.24, 2.45) is 0 Å². The highest BCUT2D eigenvalue weighted by Gasteiger charge is 2.24. The fourth-order valence-corrected chi connectivity index (χ4v) is 4.85. The molecule has 0 radical (unpaired) electrons. The Morgan fingerprint density at radius 3 is 3.08 bits per heavy atom. The van der Waals surface area contributed by atoms with Gasteiger partial charge in [0.15, 0.2) is 5.13 Å². The van der Waals surface area contributed by atoms with Crippen molar-refractivity contribution in [2.75, 3.05) is 23.7 Å². The first kappa shape index (κ1) is 17.4. The Hall–Kier alpha value is -1.38. The number of thiazole rings is 1. The van der Waals surface area contributed by atoms with E-state index in [1.54, 1.807) is 16.2 Å². The molecule has 0 atom stereocenters. The van der Waals surface area contributed by atoms with Gasteiger partial charge in [0.05, 0.1) is 12.1 Å². The largest absolute Gasteiger partial charge is 0.355 e. The van der Waals surface area contributed by atoms with Crippen LogP contribution in [0.4, 0.5) is 5.13 Å². The molecule has 0 aliphatic carbocycles. The van der Waals surface area contributed by atoms with Crippen LogP contribution in [-0.4, -0.2) is 35.6 Å². The first-order valence-electron chi connectivity index (χ1n) is 7.82. The fourth-order valence-electron chi connectivity index (χ4n) is 2.41. The van der Waals surface area contributed by atoms with Crippen LogP contribution < -0.4 is 10.2 Å². The molecule has 3 rings (SSSR count). The summed E-state index contributed by atoms with van der Waals surface area (Å²) in [5.41, 5.74) is 2.07. The standard InChI is InChI=1S/C16H19N3O2S3/c20-14(17-4-7-23-10-12-3-6-22-9-12)8-13-11-24-16(18-13)19-5-1-2-15(19)21/h3,6,9,11H,1-2,4-5,7-8,10H2,(H,17,20). The number of hydrogen-bond acceptors (Lipinski definition) is 6. The summed E-state index contributed by atoms with van der Waals surface area (Å²) in [6.45, 7) is 1.40. The number of hydrogen-bond donors (Lipinski definition) is 1. The van der Waals surface area contributed by atoms with Crippen molar-refractivity contribution >= 4 is 51.4 Å². The molecule has 1 aliphatic heterocycles. The minimum Gasteiger partial charge on any atom is -0.355 e. The number of carbonyl (C=O) groups is 2. The Balaban J connectivity index is 1.36. The molecule has 24 heavy (non-hydrogen) atoms. The van der Waals surface area contributed by atoms with Crippen molar-refractivity contribution < 1.29 is 9.59 Å². The van der Waals surface area contributed by atoms with Crippen molar-refractivity contribution in [2.45, 2.75) is 25.0 Å². The summed E-state index contributed by atoms with van der Waals surface area (Å²) < 4.78 is 0. The van der Waals surface area contributed by atoms with Crippen LogP contribution in [0.3, 0.4) is 0 Å². The van der Waals surface area contributed by atoms with Crippen molar-refractivity contribution in [3.05, 3.63) is 33.5 Å². The molecule has 0 bridgehead atoms. The van der Waals surface area contributed by atoms with Crippen LogP contribution in [0.2, 0.25) is 0 Å². The average molecular weight is 382 g/mol. The smallest absolute Gasteiger partial charge is 0.228 e. The number of thioether (sulfide) groups is 1. The van der Waals surface area contributed by atoms with Gasteiger partial charge in [0.1, 0.15) is 0 Å². The molecule has 2 aromatic rings. The summed E-state index contributed by atoms with van der Waals surface area (Å²) in [5, 5.41) is 9.74. The molecule has 0 spiro atoms. The third-order valence-electron chi connectivity index (χ3n) is 3.60. The van der Waals surface area contributed by atoms with Gasteiger partial charge in [0.25, 0.3) is 0 Å². The average Bonchev–Trinajstić information content (AvgIpc) is 3.29. The molecule has 5 nitrogen and oxygen atoms in total. The highest BCUT2D eigenvalue weighted by Crippen LogP contribution is 2.25. The van der Waals surface area contributed by atoms with Gasteiger partial charge in [-0.15, -0.1) is 11.3 Å². The fraction of sp³-hybridized carbons (Fsp3) is 0.438. The molecular weight excluding hydrogens is 362 g/mol. The van der Waals surface area contributed by atoms with E-state index in [4.69, 9.17) is 0 Å². The number of nitrogens with zero attached hydrogens (tertiary/aromatic N) is 2. The Morgan fingerprint density at radius 1 is 1.42 bits per heavy atom. The number of amides is 2. The van der Waals surface area contributed by atoms with Crippen LogP contribution in [-0.2, 0) is 21.8 Å². The third kappa shape index (κ3) is 4.81. The molecule has 0 aromatic carbocycles. The molecule has 8 heteroatoms. The molecule has 0 saturated carbocycles. The van der Waals surface area contributed by atoms with Gasteiger partial charge in [-0.3, -0.25) is 14.5 Å². The molecule has 1 aliphatic rings.